The third-order valence-electron chi connectivity index (χ3n) is 3.50. The lowest BCUT2D eigenvalue weighted by Gasteiger charge is -2.33. The van der Waals surface area contributed by atoms with Crippen LogP contribution in [0.15, 0.2) is 24.5 Å². The minimum absolute atomic E-state index is 0. The van der Waals surface area contributed by atoms with Crippen molar-refractivity contribution in [2.45, 2.75) is 25.8 Å². The summed E-state index contributed by atoms with van der Waals surface area (Å²) in [6.07, 6.45) is 5.33. The zero-order chi connectivity index (χ0) is 12.3. The van der Waals surface area contributed by atoms with E-state index in [0.717, 1.165) is 31.5 Å². The maximum Gasteiger partial charge on any atom is 0.253 e. The second kappa shape index (κ2) is 8.35. The second-order valence-corrected chi connectivity index (χ2v) is 4.72. The Hall–Kier alpha value is -0.840. The predicted molar refractivity (Wildman–Crippen MR) is 81.0 cm³/mol. The summed E-state index contributed by atoms with van der Waals surface area (Å²) in [7, 11) is 0. The van der Waals surface area contributed by atoms with Crippen LogP contribution in [0.4, 0.5) is 0 Å². The fourth-order valence-corrected chi connectivity index (χ4v) is 2.31. The number of piperidine rings is 1. The number of halogens is 2. The molecule has 0 spiro atoms. The summed E-state index contributed by atoms with van der Waals surface area (Å²) in [5, 5.41) is 0. The highest BCUT2D eigenvalue weighted by molar-refractivity contribution is 5.94. The van der Waals surface area contributed by atoms with Gasteiger partial charge in [0.15, 0.2) is 0 Å². The summed E-state index contributed by atoms with van der Waals surface area (Å²) in [6, 6.07) is 3.76. The molecule has 0 aliphatic carbocycles. The molecule has 1 aliphatic heterocycles. The Balaban J connectivity index is 0.00000162. The van der Waals surface area contributed by atoms with E-state index in [0.29, 0.717) is 5.92 Å². The molecule has 2 N–H and O–H groups in total. The molecule has 1 saturated heterocycles. The molecule has 1 atom stereocenters. The van der Waals surface area contributed by atoms with E-state index in [-0.39, 0.29) is 36.8 Å². The maximum absolute atomic E-state index is 12.1. The van der Waals surface area contributed by atoms with Crippen LogP contribution >= 0.6 is 24.8 Å². The summed E-state index contributed by atoms with van der Waals surface area (Å²) < 4.78 is 0. The molecule has 1 aromatic rings. The topological polar surface area (TPSA) is 59.2 Å². The number of nitrogens with two attached hydrogens (primary N) is 1. The van der Waals surface area contributed by atoms with E-state index in [1.165, 1.54) is 0 Å². The van der Waals surface area contributed by atoms with Gasteiger partial charge in [-0.3, -0.25) is 9.78 Å². The summed E-state index contributed by atoms with van der Waals surface area (Å²) in [5.74, 6) is 0.659. The van der Waals surface area contributed by atoms with Crippen LogP contribution in [0, 0.1) is 5.92 Å². The van der Waals surface area contributed by atoms with Crippen molar-refractivity contribution < 1.29 is 4.79 Å². The first-order valence-electron chi connectivity index (χ1n) is 6.13. The van der Waals surface area contributed by atoms with Gasteiger partial charge in [0.2, 0.25) is 0 Å². The number of carbonyl (C=O) groups excluding carboxylic acids is 1. The number of amides is 1. The Bertz CT molecular complexity index is 379. The van der Waals surface area contributed by atoms with Gasteiger partial charge in [-0.15, -0.1) is 24.8 Å². The highest BCUT2D eigenvalue weighted by Crippen LogP contribution is 2.20. The average Bonchev–Trinajstić information content (AvgIpc) is 2.39. The van der Waals surface area contributed by atoms with E-state index >= 15 is 0 Å². The quantitative estimate of drug-likeness (QED) is 0.910. The summed E-state index contributed by atoms with van der Waals surface area (Å²) in [6.45, 7) is 3.67. The molecule has 1 amide bonds. The Morgan fingerprint density at radius 1 is 1.32 bits per heavy atom. The third-order valence-corrected chi connectivity index (χ3v) is 3.50. The van der Waals surface area contributed by atoms with Crippen molar-refractivity contribution in [3.8, 4) is 0 Å². The van der Waals surface area contributed by atoms with E-state index in [1.54, 1.807) is 24.5 Å². The molecular weight excluding hydrogens is 285 g/mol. The zero-order valence-electron chi connectivity index (χ0n) is 11.0. The summed E-state index contributed by atoms with van der Waals surface area (Å²) >= 11 is 0. The predicted octanol–water partition coefficient (Wildman–Crippen LogP) is 2.12. The molecule has 4 nitrogen and oxygen atoms in total. The van der Waals surface area contributed by atoms with Crippen molar-refractivity contribution in [1.29, 1.82) is 0 Å². The lowest BCUT2D eigenvalue weighted by atomic mass is 9.91. The van der Waals surface area contributed by atoms with Gasteiger partial charge < -0.3 is 10.6 Å². The fraction of sp³-hybridized carbons (Fsp3) is 0.538. The van der Waals surface area contributed by atoms with Crippen LogP contribution in [0.25, 0.3) is 0 Å². The highest BCUT2D eigenvalue weighted by atomic mass is 35.5. The van der Waals surface area contributed by atoms with Gasteiger partial charge in [-0.2, -0.15) is 0 Å². The van der Waals surface area contributed by atoms with Gasteiger partial charge in [-0.1, -0.05) is 0 Å². The minimum Gasteiger partial charge on any atom is -0.339 e. The monoisotopic (exact) mass is 305 g/mol. The molecule has 2 rings (SSSR count). The standard InChI is InChI=1S/C13H19N3O.2ClH/c1-10(14)11-4-8-16(9-5-11)13(17)12-2-6-15-7-3-12;;/h2-3,6-7,10-11H,4-5,8-9,14H2,1H3;2*1H. The largest absolute Gasteiger partial charge is 0.339 e. The first-order chi connectivity index (χ1) is 8.18. The average molecular weight is 306 g/mol. The third kappa shape index (κ3) is 4.64. The summed E-state index contributed by atoms with van der Waals surface area (Å²) in [5.41, 5.74) is 6.61. The van der Waals surface area contributed by atoms with E-state index < -0.39 is 0 Å². The lowest BCUT2D eigenvalue weighted by molar-refractivity contribution is 0.0681. The van der Waals surface area contributed by atoms with E-state index in [2.05, 4.69) is 4.98 Å². The van der Waals surface area contributed by atoms with Crippen LogP contribution in [-0.2, 0) is 0 Å². The van der Waals surface area contributed by atoms with E-state index in [1.807, 2.05) is 11.8 Å². The van der Waals surface area contributed by atoms with Gasteiger partial charge in [-0.25, -0.2) is 0 Å². The van der Waals surface area contributed by atoms with Crippen LogP contribution in [-0.4, -0.2) is 34.9 Å². The van der Waals surface area contributed by atoms with E-state index in [9.17, 15) is 4.79 Å². The second-order valence-electron chi connectivity index (χ2n) is 4.72. The number of rotatable bonds is 2. The number of pyridine rings is 1. The molecule has 1 fully saturated rings. The first kappa shape index (κ1) is 18.2. The van der Waals surface area contributed by atoms with Crippen molar-refractivity contribution >= 4 is 30.7 Å². The minimum atomic E-state index is 0. The SMILES string of the molecule is CC(N)C1CCN(C(=O)c2ccncc2)CC1.Cl.Cl. The number of likely N-dealkylation sites (tertiary alicyclic amines) is 1. The van der Waals surface area contributed by atoms with E-state index in [4.69, 9.17) is 5.73 Å². The molecule has 1 aliphatic rings. The smallest absolute Gasteiger partial charge is 0.253 e. The highest BCUT2D eigenvalue weighted by Gasteiger charge is 2.25. The Morgan fingerprint density at radius 3 is 2.32 bits per heavy atom. The number of hydrogen-bond acceptors (Lipinski definition) is 3. The molecule has 19 heavy (non-hydrogen) atoms. The molecule has 1 aromatic heterocycles. The van der Waals surface area contributed by atoms with Crippen molar-refractivity contribution in [3.05, 3.63) is 30.1 Å². The molecular formula is C13H21Cl2N3O. The van der Waals surface area contributed by atoms with Gasteiger partial charge in [0.05, 0.1) is 0 Å². The van der Waals surface area contributed by atoms with Gasteiger partial charge in [0.1, 0.15) is 0 Å². The zero-order valence-corrected chi connectivity index (χ0v) is 12.6. The number of carbonyl (C=O) groups is 1. The molecule has 1 unspecified atom stereocenters. The molecule has 0 saturated carbocycles. The molecule has 6 heteroatoms. The molecule has 0 bridgehead atoms. The van der Waals surface area contributed by atoms with Crippen LogP contribution in [0.3, 0.4) is 0 Å². The van der Waals surface area contributed by atoms with Crippen LogP contribution < -0.4 is 5.73 Å². The lowest BCUT2D eigenvalue weighted by Crippen LogP contribution is -2.42. The molecule has 108 valence electrons. The molecule has 0 radical (unpaired) electrons. The molecule has 2 heterocycles. The Labute approximate surface area is 126 Å². The van der Waals surface area contributed by atoms with Crippen LogP contribution in [0.1, 0.15) is 30.1 Å². The van der Waals surface area contributed by atoms with Crippen molar-refractivity contribution in [1.82, 2.24) is 9.88 Å². The number of nitrogens with zero attached hydrogens (tertiary/aromatic N) is 2. The van der Waals surface area contributed by atoms with Crippen molar-refractivity contribution in [2.75, 3.05) is 13.1 Å². The van der Waals surface area contributed by atoms with Gasteiger partial charge in [0.25, 0.3) is 5.91 Å². The van der Waals surface area contributed by atoms with Crippen LogP contribution in [0.2, 0.25) is 0 Å². The van der Waals surface area contributed by atoms with Gasteiger partial charge >= 0.3 is 0 Å². The van der Waals surface area contributed by atoms with Gasteiger partial charge in [0, 0.05) is 37.1 Å². The molecule has 0 aromatic carbocycles. The maximum atomic E-state index is 12.1. The number of aromatic nitrogens is 1. The number of hydrogen-bond donors (Lipinski definition) is 1. The van der Waals surface area contributed by atoms with Crippen LogP contribution in [0.5, 0.6) is 0 Å². The first-order valence-corrected chi connectivity index (χ1v) is 6.13. The van der Waals surface area contributed by atoms with Gasteiger partial charge in [-0.05, 0) is 37.8 Å². The van der Waals surface area contributed by atoms with Crippen molar-refractivity contribution in [3.63, 3.8) is 0 Å². The summed E-state index contributed by atoms with van der Waals surface area (Å²) in [4.78, 5) is 18.0. The van der Waals surface area contributed by atoms with Crippen molar-refractivity contribution in [2.24, 2.45) is 11.7 Å². The fourth-order valence-electron chi connectivity index (χ4n) is 2.31. The Morgan fingerprint density at radius 2 is 1.84 bits per heavy atom. The normalized spacial score (nSPS) is 17.1. The Kier molecular flexibility index (Phi) is 7.99.